The van der Waals surface area contributed by atoms with Gasteiger partial charge < -0.3 is 14.3 Å². The molecule has 0 saturated heterocycles. The van der Waals surface area contributed by atoms with Crippen molar-refractivity contribution in [1.82, 2.24) is 0 Å². The Kier molecular flexibility index (Phi) is 4.38. The third-order valence-electron chi connectivity index (χ3n) is 2.48. The van der Waals surface area contributed by atoms with Crippen molar-refractivity contribution in [3.63, 3.8) is 0 Å². The quantitative estimate of drug-likeness (QED) is 0.920. The van der Waals surface area contributed by atoms with Crippen LogP contribution in [0.2, 0.25) is 0 Å². The second-order valence-electron chi connectivity index (χ2n) is 3.79. The Labute approximate surface area is 112 Å². The molecule has 1 heterocycles. The molecule has 1 atom stereocenters. The summed E-state index contributed by atoms with van der Waals surface area (Å²) >= 11 is 3.20. The molecule has 0 amide bonds. The number of benzene rings is 1. The fraction of sp³-hybridized carbons (Fsp3) is 0.231. The van der Waals surface area contributed by atoms with Crippen LogP contribution in [0.25, 0.3) is 0 Å². The Morgan fingerprint density at radius 2 is 1.94 bits per heavy atom. The van der Waals surface area contributed by atoms with Crippen molar-refractivity contribution >= 4 is 15.9 Å². The van der Waals surface area contributed by atoms with Crippen molar-refractivity contribution in [2.24, 2.45) is 0 Å². The van der Waals surface area contributed by atoms with E-state index in [9.17, 15) is 9.50 Å². The second-order valence-corrected chi connectivity index (χ2v) is 4.57. The monoisotopic (exact) mass is 314 g/mol. The Hall–Kier alpha value is -1.33. The van der Waals surface area contributed by atoms with E-state index < -0.39 is 0 Å². The van der Waals surface area contributed by atoms with Crippen molar-refractivity contribution in [1.29, 1.82) is 0 Å². The van der Waals surface area contributed by atoms with Gasteiger partial charge in [-0.05, 0) is 52.3 Å². The van der Waals surface area contributed by atoms with Crippen LogP contribution in [0.15, 0.2) is 45.5 Å². The summed E-state index contributed by atoms with van der Waals surface area (Å²) in [6, 6.07) is 9.28. The molecule has 0 spiro atoms. The molecule has 0 fully saturated rings. The summed E-state index contributed by atoms with van der Waals surface area (Å²) in [6.45, 7) is 0.184. The molecule has 0 bridgehead atoms. The fourth-order valence-corrected chi connectivity index (χ4v) is 1.82. The first-order valence-electron chi connectivity index (χ1n) is 5.43. The van der Waals surface area contributed by atoms with Gasteiger partial charge in [0.05, 0.1) is 12.5 Å². The van der Waals surface area contributed by atoms with E-state index in [0.717, 1.165) is 0 Å². The van der Waals surface area contributed by atoms with Crippen molar-refractivity contribution in [2.45, 2.75) is 5.92 Å². The van der Waals surface area contributed by atoms with Gasteiger partial charge in [0.2, 0.25) is 0 Å². The molecule has 2 rings (SSSR count). The van der Waals surface area contributed by atoms with Gasteiger partial charge in [-0.3, -0.25) is 0 Å². The number of hydrogen-bond acceptors (Lipinski definition) is 3. The van der Waals surface area contributed by atoms with E-state index in [-0.39, 0.29) is 24.9 Å². The lowest BCUT2D eigenvalue weighted by Gasteiger charge is -2.13. The van der Waals surface area contributed by atoms with Gasteiger partial charge in [-0.15, -0.1) is 0 Å². The Bertz CT molecular complexity index is 495. The molecule has 0 saturated carbocycles. The van der Waals surface area contributed by atoms with Gasteiger partial charge in [0.1, 0.15) is 23.9 Å². The van der Waals surface area contributed by atoms with E-state index in [4.69, 9.17) is 9.15 Å². The lowest BCUT2D eigenvalue weighted by Crippen LogP contribution is -2.13. The zero-order chi connectivity index (χ0) is 13.0. The van der Waals surface area contributed by atoms with E-state index in [0.29, 0.717) is 16.2 Å². The van der Waals surface area contributed by atoms with Gasteiger partial charge in [-0.1, -0.05) is 0 Å². The minimum Gasteiger partial charge on any atom is -0.493 e. The van der Waals surface area contributed by atoms with Crippen LogP contribution in [0.3, 0.4) is 0 Å². The summed E-state index contributed by atoms with van der Waals surface area (Å²) in [5, 5.41) is 9.30. The number of aliphatic hydroxyl groups is 1. The summed E-state index contributed by atoms with van der Waals surface area (Å²) < 4.78 is 24.1. The molecule has 0 aliphatic carbocycles. The van der Waals surface area contributed by atoms with Gasteiger partial charge in [-0.25, -0.2) is 4.39 Å². The lowest BCUT2D eigenvalue weighted by molar-refractivity contribution is 0.189. The highest BCUT2D eigenvalue weighted by molar-refractivity contribution is 9.10. The van der Waals surface area contributed by atoms with Gasteiger partial charge in [-0.2, -0.15) is 0 Å². The molecule has 3 nitrogen and oxygen atoms in total. The molecule has 1 aromatic heterocycles. The summed E-state index contributed by atoms with van der Waals surface area (Å²) in [5.74, 6) is 0.643. The van der Waals surface area contributed by atoms with Crippen LogP contribution in [0.1, 0.15) is 11.7 Å². The molecule has 1 N–H and O–H groups in total. The largest absolute Gasteiger partial charge is 0.493 e. The first-order chi connectivity index (χ1) is 8.69. The van der Waals surface area contributed by atoms with Crippen LogP contribution < -0.4 is 4.74 Å². The highest BCUT2D eigenvalue weighted by Crippen LogP contribution is 2.23. The normalized spacial score (nSPS) is 12.4. The first kappa shape index (κ1) is 13.1. The van der Waals surface area contributed by atoms with Crippen LogP contribution in [0, 0.1) is 5.82 Å². The van der Waals surface area contributed by atoms with Crippen LogP contribution in [-0.2, 0) is 0 Å². The Morgan fingerprint density at radius 3 is 2.50 bits per heavy atom. The molecule has 0 aliphatic heterocycles. The molecule has 18 heavy (non-hydrogen) atoms. The van der Waals surface area contributed by atoms with Crippen molar-refractivity contribution in [2.75, 3.05) is 13.2 Å². The number of furan rings is 1. The van der Waals surface area contributed by atoms with Crippen molar-refractivity contribution in [3.8, 4) is 5.75 Å². The van der Waals surface area contributed by atoms with Gasteiger partial charge in [0.25, 0.3) is 0 Å². The minimum atomic E-state index is -0.309. The predicted octanol–water partition coefficient (Wildman–Crippen LogP) is 3.34. The number of hydrogen-bond donors (Lipinski definition) is 1. The molecule has 1 aromatic carbocycles. The molecule has 0 radical (unpaired) electrons. The van der Waals surface area contributed by atoms with Crippen molar-refractivity contribution in [3.05, 3.63) is 52.6 Å². The average Bonchev–Trinajstić information content (AvgIpc) is 2.79. The lowest BCUT2D eigenvalue weighted by atomic mass is 10.1. The van der Waals surface area contributed by atoms with E-state index in [2.05, 4.69) is 15.9 Å². The van der Waals surface area contributed by atoms with Gasteiger partial charge >= 0.3 is 0 Å². The van der Waals surface area contributed by atoms with Crippen LogP contribution in [0.4, 0.5) is 4.39 Å². The molecular formula is C13H12BrFO3. The Balaban J connectivity index is 1.97. The standard InChI is InChI=1S/C13H12BrFO3/c14-13-6-5-12(18-13)9(7-16)8-17-11-3-1-10(15)2-4-11/h1-6,9,16H,7-8H2. The predicted molar refractivity (Wildman–Crippen MR) is 68.1 cm³/mol. The number of halogens is 2. The van der Waals surface area contributed by atoms with Crippen molar-refractivity contribution < 1.29 is 18.7 Å². The second kappa shape index (κ2) is 6.02. The zero-order valence-corrected chi connectivity index (χ0v) is 11.1. The first-order valence-corrected chi connectivity index (χ1v) is 6.23. The molecular weight excluding hydrogens is 303 g/mol. The maximum Gasteiger partial charge on any atom is 0.169 e. The molecule has 5 heteroatoms. The average molecular weight is 315 g/mol. The third kappa shape index (κ3) is 3.34. The van der Waals surface area contributed by atoms with Crippen LogP contribution >= 0.6 is 15.9 Å². The summed E-state index contributed by atoms with van der Waals surface area (Å²) in [4.78, 5) is 0. The molecule has 96 valence electrons. The maximum absolute atomic E-state index is 12.7. The van der Waals surface area contributed by atoms with Crippen LogP contribution in [0.5, 0.6) is 5.75 Å². The zero-order valence-electron chi connectivity index (χ0n) is 9.48. The molecule has 1 unspecified atom stereocenters. The fourth-order valence-electron chi connectivity index (χ4n) is 1.50. The van der Waals surface area contributed by atoms with E-state index in [1.54, 1.807) is 24.3 Å². The smallest absolute Gasteiger partial charge is 0.169 e. The van der Waals surface area contributed by atoms with Gasteiger partial charge in [0, 0.05) is 0 Å². The van der Waals surface area contributed by atoms with Gasteiger partial charge in [0.15, 0.2) is 4.67 Å². The molecule has 0 aliphatic rings. The summed E-state index contributed by atoms with van der Waals surface area (Å²) in [5.41, 5.74) is 0. The summed E-state index contributed by atoms with van der Waals surface area (Å²) in [6.07, 6.45) is 0. The topological polar surface area (TPSA) is 42.6 Å². The Morgan fingerprint density at radius 1 is 1.22 bits per heavy atom. The third-order valence-corrected chi connectivity index (χ3v) is 2.91. The number of ether oxygens (including phenoxy) is 1. The van der Waals surface area contributed by atoms with E-state index in [1.807, 2.05) is 0 Å². The minimum absolute atomic E-state index is 0.0822. The summed E-state index contributed by atoms with van der Waals surface area (Å²) in [7, 11) is 0. The highest BCUT2D eigenvalue weighted by atomic mass is 79.9. The van der Waals surface area contributed by atoms with Crippen LogP contribution in [-0.4, -0.2) is 18.3 Å². The van der Waals surface area contributed by atoms with E-state index in [1.165, 1.54) is 12.1 Å². The number of aliphatic hydroxyl groups excluding tert-OH is 1. The highest BCUT2D eigenvalue weighted by Gasteiger charge is 2.15. The SMILES string of the molecule is OCC(COc1ccc(F)cc1)c1ccc(Br)o1. The number of rotatable bonds is 5. The van der Waals surface area contributed by atoms with E-state index >= 15 is 0 Å². The molecule has 2 aromatic rings. The maximum atomic E-state index is 12.7.